The molecule has 6 heteroatoms. The standard InChI is InChI=1S/C22H28N2O3S/c1-14-6-7-17(12-15(14)2)24-21(27)20(26)23-13-22(10-4-5-11-22)19-9-8-18(28-19)16(3)25/h6-9,12,16,25H,4-5,10-11,13H2,1-3H3,(H,23,26)(H,24,27). The van der Waals surface area contributed by atoms with Gasteiger partial charge in [-0.3, -0.25) is 9.59 Å². The summed E-state index contributed by atoms with van der Waals surface area (Å²) >= 11 is 1.60. The molecule has 1 aromatic carbocycles. The van der Waals surface area contributed by atoms with Gasteiger partial charge in [0.05, 0.1) is 6.10 Å². The SMILES string of the molecule is Cc1ccc(NC(=O)C(=O)NCC2(c3ccc(C(C)O)s3)CCCC2)cc1C. The van der Waals surface area contributed by atoms with Gasteiger partial charge in [0.25, 0.3) is 0 Å². The van der Waals surface area contributed by atoms with Gasteiger partial charge in [-0.2, -0.15) is 0 Å². The quantitative estimate of drug-likeness (QED) is 0.664. The van der Waals surface area contributed by atoms with Crippen molar-refractivity contribution in [3.63, 3.8) is 0 Å². The van der Waals surface area contributed by atoms with Crippen molar-refractivity contribution in [3.8, 4) is 0 Å². The Labute approximate surface area is 170 Å². The Hall–Kier alpha value is -2.18. The molecular formula is C22H28N2O3S. The molecule has 0 bridgehead atoms. The molecule has 150 valence electrons. The number of benzene rings is 1. The lowest BCUT2D eigenvalue weighted by Crippen LogP contribution is -2.43. The second-order valence-electron chi connectivity index (χ2n) is 7.80. The molecular weight excluding hydrogens is 372 g/mol. The van der Waals surface area contributed by atoms with Crippen LogP contribution >= 0.6 is 11.3 Å². The number of carbonyl (C=O) groups is 2. The number of carbonyl (C=O) groups excluding carboxylic acids is 2. The van der Waals surface area contributed by atoms with Gasteiger partial charge in [-0.25, -0.2) is 0 Å². The van der Waals surface area contributed by atoms with Crippen LogP contribution in [-0.4, -0.2) is 23.5 Å². The van der Waals surface area contributed by atoms with E-state index in [2.05, 4.69) is 16.7 Å². The highest BCUT2D eigenvalue weighted by Gasteiger charge is 2.37. The number of nitrogens with one attached hydrogen (secondary N) is 2. The van der Waals surface area contributed by atoms with Crippen LogP contribution in [0.2, 0.25) is 0 Å². The Bertz CT molecular complexity index is 866. The molecule has 3 N–H and O–H groups in total. The van der Waals surface area contributed by atoms with Crippen LogP contribution in [0.1, 0.15) is 59.6 Å². The monoisotopic (exact) mass is 400 g/mol. The first-order valence-electron chi connectivity index (χ1n) is 9.75. The molecule has 2 amide bonds. The van der Waals surface area contributed by atoms with E-state index >= 15 is 0 Å². The van der Waals surface area contributed by atoms with Crippen molar-refractivity contribution in [3.05, 3.63) is 51.2 Å². The van der Waals surface area contributed by atoms with Crippen LogP contribution in [0.5, 0.6) is 0 Å². The first kappa shape index (κ1) is 20.6. The van der Waals surface area contributed by atoms with Crippen molar-refractivity contribution in [1.29, 1.82) is 0 Å². The second kappa shape index (κ2) is 8.45. The topological polar surface area (TPSA) is 78.4 Å². The van der Waals surface area contributed by atoms with E-state index in [0.29, 0.717) is 12.2 Å². The zero-order valence-electron chi connectivity index (χ0n) is 16.7. The third-order valence-corrected chi connectivity index (χ3v) is 7.18. The molecule has 1 atom stereocenters. The van der Waals surface area contributed by atoms with Crippen LogP contribution < -0.4 is 10.6 Å². The highest BCUT2D eigenvalue weighted by molar-refractivity contribution is 7.12. The van der Waals surface area contributed by atoms with Crippen LogP contribution in [-0.2, 0) is 15.0 Å². The van der Waals surface area contributed by atoms with Gasteiger partial charge in [-0.1, -0.05) is 18.9 Å². The highest BCUT2D eigenvalue weighted by Crippen LogP contribution is 2.44. The number of aryl methyl sites for hydroxylation is 2. The molecule has 0 radical (unpaired) electrons. The molecule has 1 aromatic heterocycles. The summed E-state index contributed by atoms with van der Waals surface area (Å²) in [5.74, 6) is -1.26. The van der Waals surface area contributed by atoms with Gasteiger partial charge in [0.2, 0.25) is 0 Å². The molecule has 0 aliphatic heterocycles. The average Bonchev–Trinajstić information content (AvgIpc) is 3.33. The first-order chi connectivity index (χ1) is 13.3. The van der Waals surface area contributed by atoms with Crippen molar-refractivity contribution in [1.82, 2.24) is 5.32 Å². The summed E-state index contributed by atoms with van der Waals surface area (Å²) in [6, 6.07) is 9.60. The highest BCUT2D eigenvalue weighted by atomic mass is 32.1. The molecule has 1 unspecified atom stereocenters. The number of thiophene rings is 1. The first-order valence-corrected chi connectivity index (χ1v) is 10.6. The Balaban J connectivity index is 1.65. The van der Waals surface area contributed by atoms with Crippen LogP contribution in [0.25, 0.3) is 0 Å². The van der Waals surface area contributed by atoms with Crippen LogP contribution in [0, 0.1) is 13.8 Å². The maximum absolute atomic E-state index is 12.4. The van der Waals surface area contributed by atoms with Crippen LogP contribution in [0.3, 0.4) is 0 Å². The van der Waals surface area contributed by atoms with E-state index in [4.69, 9.17) is 0 Å². The van der Waals surface area contributed by atoms with Gasteiger partial charge in [-0.05, 0) is 69.0 Å². The number of anilines is 1. The van der Waals surface area contributed by atoms with E-state index in [0.717, 1.165) is 41.7 Å². The number of rotatable bonds is 5. The summed E-state index contributed by atoms with van der Waals surface area (Å²) in [6.07, 6.45) is 3.67. The number of hydrogen-bond acceptors (Lipinski definition) is 4. The summed E-state index contributed by atoms with van der Waals surface area (Å²) in [6.45, 7) is 6.17. The Morgan fingerprint density at radius 3 is 2.43 bits per heavy atom. The summed E-state index contributed by atoms with van der Waals surface area (Å²) in [4.78, 5) is 26.8. The van der Waals surface area contributed by atoms with E-state index in [1.165, 1.54) is 4.88 Å². The molecule has 5 nitrogen and oxygen atoms in total. The maximum Gasteiger partial charge on any atom is 0.313 e. The predicted octanol–water partition coefficient (Wildman–Crippen LogP) is 3.98. The van der Waals surface area contributed by atoms with E-state index in [9.17, 15) is 14.7 Å². The average molecular weight is 401 g/mol. The molecule has 2 aromatic rings. The van der Waals surface area contributed by atoms with E-state index < -0.39 is 17.9 Å². The van der Waals surface area contributed by atoms with Crippen LogP contribution in [0.4, 0.5) is 5.69 Å². The second-order valence-corrected chi connectivity index (χ2v) is 8.92. The molecule has 1 heterocycles. The zero-order valence-corrected chi connectivity index (χ0v) is 17.5. The minimum absolute atomic E-state index is 0.145. The fourth-order valence-electron chi connectivity index (χ4n) is 3.76. The third-order valence-electron chi connectivity index (χ3n) is 5.68. The van der Waals surface area contributed by atoms with Gasteiger partial charge in [0.1, 0.15) is 0 Å². The number of hydrogen-bond donors (Lipinski definition) is 3. The van der Waals surface area contributed by atoms with E-state index in [1.807, 2.05) is 32.0 Å². The lowest BCUT2D eigenvalue weighted by Gasteiger charge is -2.28. The summed E-state index contributed by atoms with van der Waals surface area (Å²) in [5, 5.41) is 15.3. The number of aliphatic hydroxyl groups excluding tert-OH is 1. The largest absolute Gasteiger partial charge is 0.388 e. The minimum atomic E-state index is -0.646. The Kier molecular flexibility index (Phi) is 6.20. The van der Waals surface area contributed by atoms with Gasteiger partial charge in [-0.15, -0.1) is 11.3 Å². The lowest BCUT2D eigenvalue weighted by atomic mass is 9.84. The van der Waals surface area contributed by atoms with Gasteiger partial charge < -0.3 is 15.7 Å². The molecule has 28 heavy (non-hydrogen) atoms. The molecule has 1 saturated carbocycles. The smallest absolute Gasteiger partial charge is 0.313 e. The summed E-state index contributed by atoms with van der Waals surface area (Å²) in [5.41, 5.74) is 2.68. The molecule has 0 spiro atoms. The van der Waals surface area contributed by atoms with Crippen molar-refractivity contribution < 1.29 is 14.7 Å². The molecule has 3 rings (SSSR count). The van der Waals surface area contributed by atoms with E-state index in [-0.39, 0.29) is 5.41 Å². The maximum atomic E-state index is 12.4. The minimum Gasteiger partial charge on any atom is -0.388 e. The molecule has 0 saturated heterocycles. The van der Waals surface area contributed by atoms with Gasteiger partial charge >= 0.3 is 11.8 Å². The van der Waals surface area contributed by atoms with Crippen LogP contribution in [0.15, 0.2) is 30.3 Å². The number of amides is 2. The third kappa shape index (κ3) is 4.45. The number of aliphatic hydroxyl groups is 1. The Morgan fingerprint density at radius 2 is 1.82 bits per heavy atom. The molecule has 1 fully saturated rings. The molecule has 1 aliphatic rings. The Morgan fingerprint density at radius 1 is 1.11 bits per heavy atom. The fourth-order valence-corrected chi connectivity index (χ4v) is 4.95. The predicted molar refractivity (Wildman–Crippen MR) is 113 cm³/mol. The van der Waals surface area contributed by atoms with Gasteiger partial charge in [0.15, 0.2) is 0 Å². The fraction of sp³-hybridized carbons (Fsp3) is 0.455. The van der Waals surface area contributed by atoms with E-state index in [1.54, 1.807) is 24.3 Å². The summed E-state index contributed by atoms with van der Waals surface area (Å²) in [7, 11) is 0. The zero-order chi connectivity index (χ0) is 20.3. The van der Waals surface area contributed by atoms with Crippen molar-refractivity contribution in [2.45, 2.75) is 58.0 Å². The van der Waals surface area contributed by atoms with Crippen molar-refractivity contribution in [2.75, 3.05) is 11.9 Å². The van der Waals surface area contributed by atoms with Crippen molar-refractivity contribution >= 4 is 28.8 Å². The summed E-state index contributed by atoms with van der Waals surface area (Å²) < 4.78 is 0. The normalized spacial score (nSPS) is 16.6. The lowest BCUT2D eigenvalue weighted by molar-refractivity contribution is -0.136. The molecule has 1 aliphatic carbocycles. The van der Waals surface area contributed by atoms with Gasteiger partial charge in [0, 0.05) is 27.4 Å². The van der Waals surface area contributed by atoms with Crippen molar-refractivity contribution in [2.24, 2.45) is 0 Å².